The van der Waals surface area contributed by atoms with Gasteiger partial charge in [0.05, 0.1) is 16.3 Å². The van der Waals surface area contributed by atoms with Gasteiger partial charge in [-0.25, -0.2) is 23.4 Å². The van der Waals surface area contributed by atoms with Crippen LogP contribution < -0.4 is 4.74 Å². The van der Waals surface area contributed by atoms with Crippen LogP contribution in [-0.4, -0.2) is 54.5 Å². The van der Waals surface area contributed by atoms with E-state index in [4.69, 9.17) is 27.9 Å². The molecule has 0 N–H and O–H groups in total. The van der Waals surface area contributed by atoms with E-state index >= 15 is 0 Å². The van der Waals surface area contributed by atoms with Crippen LogP contribution in [-0.2, 0) is 15.6 Å². The molecule has 0 saturated heterocycles. The molecule has 2 heterocycles. The zero-order chi connectivity index (χ0) is 24.3. The fourth-order valence-electron chi connectivity index (χ4n) is 4.35. The number of aromatic nitrogens is 3. The van der Waals surface area contributed by atoms with Gasteiger partial charge in [0.15, 0.2) is 9.84 Å². The van der Waals surface area contributed by atoms with Crippen LogP contribution >= 0.6 is 23.2 Å². The highest BCUT2D eigenvalue weighted by atomic mass is 35.5. The van der Waals surface area contributed by atoms with E-state index in [0.29, 0.717) is 11.6 Å². The summed E-state index contributed by atoms with van der Waals surface area (Å²) in [6.45, 7) is 0. The number of rotatable bonds is 7. The third kappa shape index (κ3) is 5.86. The van der Waals surface area contributed by atoms with Crippen LogP contribution in [0.25, 0.3) is 0 Å². The van der Waals surface area contributed by atoms with Crippen molar-refractivity contribution in [1.29, 1.82) is 0 Å². The number of sulfone groups is 1. The second kappa shape index (κ2) is 10.6. The lowest BCUT2D eigenvalue weighted by atomic mass is 9.79. The van der Waals surface area contributed by atoms with E-state index in [1.165, 1.54) is 30.4 Å². The Morgan fingerprint density at radius 3 is 2.62 bits per heavy atom. The molecule has 0 amide bonds. The van der Waals surface area contributed by atoms with Gasteiger partial charge in [0.1, 0.15) is 17.5 Å². The van der Waals surface area contributed by atoms with E-state index in [1.807, 2.05) is 32.3 Å². The highest BCUT2D eigenvalue weighted by molar-refractivity contribution is 7.90. The zero-order valence-corrected chi connectivity index (χ0v) is 21.3. The fraction of sp³-hybridized carbons (Fsp3) is 0.375. The number of benzene rings is 1. The van der Waals surface area contributed by atoms with Gasteiger partial charge in [-0.1, -0.05) is 35.3 Å². The first-order valence-corrected chi connectivity index (χ1v) is 13.4. The third-order valence-electron chi connectivity index (χ3n) is 6.12. The van der Waals surface area contributed by atoms with Crippen molar-refractivity contribution in [2.24, 2.45) is 0 Å². The van der Waals surface area contributed by atoms with Gasteiger partial charge in [0, 0.05) is 23.5 Å². The molecule has 10 heteroatoms. The third-order valence-corrected chi connectivity index (χ3v) is 8.25. The summed E-state index contributed by atoms with van der Waals surface area (Å²) in [4.78, 5) is 14.2. The lowest BCUT2D eigenvalue weighted by Gasteiger charge is -2.39. The van der Waals surface area contributed by atoms with Gasteiger partial charge in [0.2, 0.25) is 5.88 Å². The van der Waals surface area contributed by atoms with E-state index in [2.05, 4.69) is 25.9 Å². The van der Waals surface area contributed by atoms with Gasteiger partial charge < -0.3 is 9.64 Å². The molecule has 4 rings (SSSR count). The second-order valence-electron chi connectivity index (χ2n) is 8.67. The summed E-state index contributed by atoms with van der Waals surface area (Å²) in [5.41, 5.74) is 1.63. The predicted molar refractivity (Wildman–Crippen MR) is 132 cm³/mol. The van der Waals surface area contributed by atoms with E-state index in [9.17, 15) is 8.42 Å². The fourth-order valence-corrected chi connectivity index (χ4v) is 6.06. The Morgan fingerprint density at radius 2 is 1.94 bits per heavy atom. The van der Waals surface area contributed by atoms with Gasteiger partial charge in [0.25, 0.3) is 0 Å². The Morgan fingerprint density at radius 1 is 1.12 bits per heavy atom. The number of likely N-dealkylation sites (N-methyl/N-ethyl adjacent to an activating group) is 1. The Labute approximate surface area is 210 Å². The van der Waals surface area contributed by atoms with Crippen LogP contribution in [0.2, 0.25) is 10.0 Å². The normalized spacial score (nSPS) is 20.9. The van der Waals surface area contributed by atoms with Crippen molar-refractivity contribution in [2.45, 2.75) is 48.0 Å². The van der Waals surface area contributed by atoms with Gasteiger partial charge in [-0.05, 0) is 69.1 Å². The van der Waals surface area contributed by atoms with Crippen molar-refractivity contribution in [3.8, 4) is 5.88 Å². The van der Waals surface area contributed by atoms with Crippen molar-refractivity contribution < 1.29 is 13.2 Å². The number of halogens is 2. The maximum atomic E-state index is 12.8. The SMILES string of the molecule is CN(C)[C@H]1C[C@@H](c2cccc(Cl)c2)CC[C@@H]1Oc1ncc(S(=O)(=O)Cc2ccncn2)cc1Cl. The minimum Gasteiger partial charge on any atom is -0.472 e. The summed E-state index contributed by atoms with van der Waals surface area (Å²) in [5.74, 6) is 0.355. The molecule has 1 aliphatic carbocycles. The number of hydrogen-bond donors (Lipinski definition) is 0. The second-order valence-corrected chi connectivity index (χ2v) is 11.5. The molecule has 3 atom stereocenters. The molecule has 0 aliphatic heterocycles. The molecule has 0 bridgehead atoms. The summed E-state index contributed by atoms with van der Waals surface area (Å²) in [6.07, 6.45) is 6.64. The topological polar surface area (TPSA) is 85.3 Å². The Hall–Kier alpha value is -2.26. The lowest BCUT2D eigenvalue weighted by molar-refractivity contribution is 0.0514. The first-order chi connectivity index (χ1) is 16.2. The minimum absolute atomic E-state index is 0.0253. The van der Waals surface area contributed by atoms with Crippen LogP contribution in [0, 0.1) is 0 Å². The molecule has 2 aromatic heterocycles. The molecule has 1 aliphatic rings. The van der Waals surface area contributed by atoms with Gasteiger partial charge in [-0.3, -0.25) is 0 Å². The molecular formula is C24H26Cl2N4O3S. The molecule has 3 aromatic rings. The molecule has 0 unspecified atom stereocenters. The largest absolute Gasteiger partial charge is 0.472 e. The van der Waals surface area contributed by atoms with Gasteiger partial charge in [-0.15, -0.1) is 0 Å². The summed E-state index contributed by atoms with van der Waals surface area (Å²) >= 11 is 12.6. The summed E-state index contributed by atoms with van der Waals surface area (Å²) in [5, 5.41) is 0.904. The minimum atomic E-state index is -3.66. The van der Waals surface area contributed by atoms with E-state index in [0.717, 1.165) is 24.3 Å². The van der Waals surface area contributed by atoms with Crippen molar-refractivity contribution in [1.82, 2.24) is 19.9 Å². The molecule has 34 heavy (non-hydrogen) atoms. The maximum absolute atomic E-state index is 12.8. The maximum Gasteiger partial charge on any atom is 0.232 e. The monoisotopic (exact) mass is 520 g/mol. The molecule has 7 nitrogen and oxygen atoms in total. The smallest absolute Gasteiger partial charge is 0.232 e. The Kier molecular flexibility index (Phi) is 7.72. The molecule has 1 saturated carbocycles. The molecule has 0 radical (unpaired) electrons. The van der Waals surface area contributed by atoms with Crippen LogP contribution in [0.4, 0.5) is 0 Å². The average Bonchev–Trinajstić information content (AvgIpc) is 2.80. The standard InChI is InChI=1S/C24H26Cl2N4O3S/c1-30(2)22-11-17(16-4-3-5-18(25)10-16)6-7-23(22)33-24-21(26)12-20(13-28-24)34(31,32)14-19-8-9-27-15-29-19/h3-5,8-10,12-13,15,17,22-23H,6-7,11,14H2,1-2H3/t17-,22-,23-/m0/s1. The number of hydrogen-bond acceptors (Lipinski definition) is 7. The quantitative estimate of drug-likeness (QED) is 0.442. The van der Waals surface area contributed by atoms with E-state index < -0.39 is 9.84 Å². The van der Waals surface area contributed by atoms with Gasteiger partial charge >= 0.3 is 0 Å². The molecule has 180 valence electrons. The zero-order valence-electron chi connectivity index (χ0n) is 18.9. The van der Waals surface area contributed by atoms with Crippen LogP contribution in [0.1, 0.15) is 36.4 Å². The van der Waals surface area contributed by atoms with Crippen molar-refractivity contribution in [3.63, 3.8) is 0 Å². The lowest BCUT2D eigenvalue weighted by Crippen LogP contribution is -2.46. The predicted octanol–water partition coefficient (Wildman–Crippen LogP) is 4.80. The highest BCUT2D eigenvalue weighted by Gasteiger charge is 2.35. The Bertz CT molecular complexity index is 1240. The first kappa shape index (κ1) is 24.9. The number of nitrogens with zero attached hydrogens (tertiary/aromatic N) is 4. The van der Waals surface area contributed by atoms with Crippen LogP contribution in [0.3, 0.4) is 0 Å². The van der Waals surface area contributed by atoms with E-state index in [-0.39, 0.29) is 33.7 Å². The molecule has 1 aromatic carbocycles. The highest BCUT2D eigenvalue weighted by Crippen LogP contribution is 2.38. The summed E-state index contributed by atoms with van der Waals surface area (Å²) < 4.78 is 31.8. The van der Waals surface area contributed by atoms with Crippen LogP contribution in [0.5, 0.6) is 5.88 Å². The number of pyridine rings is 1. The summed E-state index contributed by atoms with van der Waals surface area (Å²) in [6, 6.07) is 11.1. The van der Waals surface area contributed by atoms with E-state index in [1.54, 1.807) is 6.07 Å². The molecule has 0 spiro atoms. The van der Waals surface area contributed by atoms with Crippen molar-refractivity contribution >= 4 is 33.0 Å². The van der Waals surface area contributed by atoms with Crippen molar-refractivity contribution in [2.75, 3.05) is 14.1 Å². The van der Waals surface area contributed by atoms with Gasteiger partial charge in [-0.2, -0.15) is 0 Å². The number of ether oxygens (including phenoxy) is 1. The molecular weight excluding hydrogens is 495 g/mol. The Balaban J connectivity index is 1.48. The first-order valence-electron chi connectivity index (χ1n) is 10.9. The molecule has 1 fully saturated rings. The van der Waals surface area contributed by atoms with Crippen molar-refractivity contribution in [3.05, 3.63) is 76.4 Å². The summed E-state index contributed by atoms with van der Waals surface area (Å²) in [7, 11) is 0.391. The average molecular weight is 521 g/mol. The van der Waals surface area contributed by atoms with Crippen LogP contribution in [0.15, 0.2) is 60.0 Å².